The number of alkyl halides is 6. The fraction of sp³-hybridized carbons (Fsp3) is 0.333. The van der Waals surface area contributed by atoms with Crippen molar-refractivity contribution >= 4 is 17.4 Å². The predicted octanol–water partition coefficient (Wildman–Crippen LogP) is 4.23. The molecule has 0 fully saturated rings. The van der Waals surface area contributed by atoms with E-state index in [1.54, 1.807) is 6.92 Å². The van der Waals surface area contributed by atoms with Gasteiger partial charge in [-0.15, -0.1) is 18.3 Å². The summed E-state index contributed by atoms with van der Waals surface area (Å²) < 4.78 is 80.2. The topological polar surface area (TPSA) is 81.4 Å². The second kappa shape index (κ2) is 8.04. The third-order valence-electron chi connectivity index (χ3n) is 4.26. The first-order chi connectivity index (χ1) is 14.3. The van der Waals surface area contributed by atoms with Crippen LogP contribution in [0, 0.1) is 13.8 Å². The number of nitrogens with one attached hydrogen (secondary N) is 1. The van der Waals surface area contributed by atoms with Crippen LogP contribution in [0.25, 0.3) is 5.78 Å². The van der Waals surface area contributed by atoms with E-state index in [0.29, 0.717) is 17.0 Å². The zero-order valence-corrected chi connectivity index (χ0v) is 16.1. The largest absolute Gasteiger partial charge is 0.573 e. The van der Waals surface area contributed by atoms with Gasteiger partial charge in [0, 0.05) is 29.6 Å². The second-order valence-corrected chi connectivity index (χ2v) is 6.53. The van der Waals surface area contributed by atoms with Crippen molar-refractivity contribution in [1.29, 1.82) is 0 Å². The Kier molecular flexibility index (Phi) is 5.79. The maximum Gasteiger partial charge on any atom is 0.573 e. The Morgan fingerprint density at radius 2 is 1.84 bits per heavy atom. The van der Waals surface area contributed by atoms with E-state index in [1.807, 2.05) is 0 Å². The Labute approximate surface area is 171 Å². The first-order valence-electron chi connectivity index (χ1n) is 8.79. The van der Waals surface area contributed by atoms with E-state index in [9.17, 15) is 31.1 Å². The maximum absolute atomic E-state index is 12.8. The predicted molar refractivity (Wildman–Crippen MR) is 95.3 cm³/mol. The Balaban J connectivity index is 1.72. The average Bonchev–Trinajstić information content (AvgIpc) is 3.05. The molecule has 0 aliphatic carbocycles. The lowest BCUT2D eigenvalue weighted by Crippen LogP contribution is -2.17. The molecule has 0 unspecified atom stereocenters. The lowest BCUT2D eigenvalue weighted by molar-refractivity contribution is -0.274. The molecule has 3 rings (SSSR count). The Morgan fingerprint density at radius 1 is 1.13 bits per heavy atom. The number of carbonyl (C=O) groups is 1. The van der Waals surface area contributed by atoms with Crippen molar-refractivity contribution in [2.45, 2.75) is 39.2 Å². The summed E-state index contributed by atoms with van der Waals surface area (Å²) in [6, 6.07) is 4.78. The molecule has 1 amide bonds. The molecule has 166 valence electrons. The molecule has 0 saturated carbocycles. The third kappa shape index (κ3) is 5.41. The number of hydrogen-bond donors (Lipinski definition) is 1. The summed E-state index contributed by atoms with van der Waals surface area (Å²) in [4.78, 5) is 19.6. The number of aryl methyl sites for hydroxylation is 2. The summed E-state index contributed by atoms with van der Waals surface area (Å²) >= 11 is 0. The number of rotatable bonds is 5. The van der Waals surface area contributed by atoms with Gasteiger partial charge in [-0.2, -0.15) is 18.2 Å². The highest BCUT2D eigenvalue weighted by Gasteiger charge is 2.37. The molecule has 0 radical (unpaired) electrons. The number of anilines is 1. The molecule has 13 heteroatoms. The number of halogens is 6. The highest BCUT2D eigenvalue weighted by molar-refractivity contribution is 5.91. The maximum atomic E-state index is 12.8. The van der Waals surface area contributed by atoms with Gasteiger partial charge in [0.1, 0.15) is 5.75 Å². The molecular formula is C18H15F6N5O2. The number of amides is 1. The lowest BCUT2D eigenvalue weighted by Gasteiger charge is -2.12. The Bertz CT molecular complexity index is 1120. The van der Waals surface area contributed by atoms with E-state index in [2.05, 4.69) is 25.1 Å². The summed E-state index contributed by atoms with van der Waals surface area (Å²) in [7, 11) is 0. The van der Waals surface area contributed by atoms with Crippen LogP contribution < -0.4 is 10.1 Å². The Morgan fingerprint density at radius 3 is 2.48 bits per heavy atom. The van der Waals surface area contributed by atoms with Gasteiger partial charge in [0.2, 0.25) is 5.91 Å². The van der Waals surface area contributed by atoms with E-state index < -0.39 is 30.0 Å². The summed E-state index contributed by atoms with van der Waals surface area (Å²) in [5.74, 6) is -2.54. The molecule has 3 aromatic rings. The van der Waals surface area contributed by atoms with Crippen molar-refractivity contribution in [2.75, 3.05) is 5.32 Å². The van der Waals surface area contributed by atoms with Gasteiger partial charge in [-0.1, -0.05) is 6.07 Å². The van der Waals surface area contributed by atoms with Crippen molar-refractivity contribution in [1.82, 2.24) is 19.6 Å². The van der Waals surface area contributed by atoms with E-state index in [1.165, 1.54) is 19.1 Å². The van der Waals surface area contributed by atoms with Crippen molar-refractivity contribution in [2.24, 2.45) is 0 Å². The van der Waals surface area contributed by atoms with Crippen molar-refractivity contribution < 1.29 is 35.9 Å². The van der Waals surface area contributed by atoms with Gasteiger partial charge in [-0.3, -0.25) is 4.79 Å². The van der Waals surface area contributed by atoms with E-state index in [-0.39, 0.29) is 24.3 Å². The van der Waals surface area contributed by atoms with E-state index in [0.717, 1.165) is 16.6 Å². The van der Waals surface area contributed by atoms with Crippen LogP contribution in [0.3, 0.4) is 0 Å². The number of carbonyl (C=O) groups excluding carboxylic acids is 1. The van der Waals surface area contributed by atoms with Crippen molar-refractivity contribution in [3.8, 4) is 5.75 Å². The minimum Gasteiger partial charge on any atom is -0.406 e. The SMILES string of the molecule is Cc1nc2nc(C(F)(F)F)nn2c(C)c1CCC(=O)Nc1cccc(OC(F)(F)F)c1. The fourth-order valence-corrected chi connectivity index (χ4v) is 2.92. The molecule has 7 nitrogen and oxygen atoms in total. The molecule has 0 atom stereocenters. The molecular weight excluding hydrogens is 432 g/mol. The zero-order chi connectivity index (χ0) is 23.0. The first kappa shape index (κ1) is 22.3. The molecule has 0 aliphatic rings. The number of aromatic nitrogens is 4. The van der Waals surface area contributed by atoms with Crippen LogP contribution in [0.5, 0.6) is 5.75 Å². The third-order valence-corrected chi connectivity index (χ3v) is 4.26. The summed E-state index contributed by atoms with van der Waals surface area (Å²) in [6.07, 6.45) is -9.57. The average molecular weight is 447 g/mol. The molecule has 1 aromatic carbocycles. The van der Waals surface area contributed by atoms with Crippen LogP contribution in [-0.4, -0.2) is 31.9 Å². The highest BCUT2D eigenvalue weighted by atomic mass is 19.4. The molecule has 0 spiro atoms. The Hall–Kier alpha value is -3.38. The van der Waals surface area contributed by atoms with Gasteiger partial charge < -0.3 is 10.1 Å². The number of benzene rings is 1. The van der Waals surface area contributed by atoms with Gasteiger partial charge in [0.05, 0.1) is 0 Å². The van der Waals surface area contributed by atoms with E-state index in [4.69, 9.17) is 0 Å². The van der Waals surface area contributed by atoms with Gasteiger partial charge >= 0.3 is 12.5 Å². The quantitative estimate of drug-likeness (QED) is 0.592. The molecule has 2 aromatic heterocycles. The monoisotopic (exact) mass is 447 g/mol. The molecule has 0 aliphatic heterocycles. The summed E-state index contributed by atoms with van der Waals surface area (Å²) in [6.45, 7) is 3.10. The smallest absolute Gasteiger partial charge is 0.406 e. The van der Waals surface area contributed by atoms with Crippen LogP contribution in [0.1, 0.15) is 29.2 Å². The summed E-state index contributed by atoms with van der Waals surface area (Å²) in [5, 5.41) is 5.88. The van der Waals surface area contributed by atoms with Gasteiger partial charge in [0.15, 0.2) is 0 Å². The van der Waals surface area contributed by atoms with Crippen LogP contribution in [0.4, 0.5) is 32.0 Å². The zero-order valence-electron chi connectivity index (χ0n) is 16.1. The van der Waals surface area contributed by atoms with Gasteiger partial charge in [-0.25, -0.2) is 9.50 Å². The number of nitrogens with zero attached hydrogens (tertiary/aromatic N) is 4. The lowest BCUT2D eigenvalue weighted by atomic mass is 10.1. The minimum atomic E-state index is -4.86. The first-order valence-corrected chi connectivity index (χ1v) is 8.79. The highest BCUT2D eigenvalue weighted by Crippen LogP contribution is 2.28. The number of fused-ring (bicyclic) bond motifs is 1. The van der Waals surface area contributed by atoms with Crippen LogP contribution in [-0.2, 0) is 17.4 Å². The molecule has 2 heterocycles. The molecule has 31 heavy (non-hydrogen) atoms. The fourth-order valence-electron chi connectivity index (χ4n) is 2.92. The van der Waals surface area contributed by atoms with Crippen molar-refractivity contribution in [3.05, 3.63) is 47.0 Å². The normalized spacial score (nSPS) is 12.3. The second-order valence-electron chi connectivity index (χ2n) is 6.53. The standard InChI is InChI=1S/C18H15F6N5O2/c1-9-13(10(2)29-16(25-9)27-15(28-29)17(19,20)21)6-7-14(30)26-11-4-3-5-12(8-11)31-18(22,23)24/h3-5,8H,6-7H2,1-2H3,(H,26,30). The number of hydrogen-bond acceptors (Lipinski definition) is 5. The van der Waals surface area contributed by atoms with E-state index >= 15 is 0 Å². The molecule has 1 N–H and O–H groups in total. The van der Waals surface area contributed by atoms with Gasteiger partial charge in [-0.05, 0) is 38.0 Å². The van der Waals surface area contributed by atoms with Crippen LogP contribution in [0.15, 0.2) is 24.3 Å². The minimum absolute atomic E-state index is 0.0971. The molecule has 0 saturated heterocycles. The van der Waals surface area contributed by atoms with Crippen LogP contribution >= 0.6 is 0 Å². The van der Waals surface area contributed by atoms with Crippen LogP contribution in [0.2, 0.25) is 0 Å². The molecule has 0 bridgehead atoms. The number of ether oxygens (including phenoxy) is 1. The van der Waals surface area contributed by atoms with Gasteiger partial charge in [0.25, 0.3) is 11.6 Å². The van der Waals surface area contributed by atoms with Crippen molar-refractivity contribution in [3.63, 3.8) is 0 Å². The summed E-state index contributed by atoms with van der Waals surface area (Å²) in [5.41, 5.74) is 1.34.